The van der Waals surface area contributed by atoms with E-state index >= 15 is 0 Å². The first-order chi connectivity index (χ1) is 9.58. The minimum Gasteiger partial charge on any atom is -0.484 e. The Balaban J connectivity index is 1.92. The van der Waals surface area contributed by atoms with Crippen molar-refractivity contribution < 1.29 is 23.6 Å². The van der Waals surface area contributed by atoms with Gasteiger partial charge in [-0.3, -0.25) is 14.9 Å². The van der Waals surface area contributed by atoms with Gasteiger partial charge < -0.3 is 14.4 Å². The maximum Gasteiger partial charge on any atom is 0.305 e. The van der Waals surface area contributed by atoms with Crippen molar-refractivity contribution in [2.45, 2.75) is 0 Å². The van der Waals surface area contributed by atoms with Crippen LogP contribution in [0.1, 0.15) is 0 Å². The van der Waals surface area contributed by atoms with Gasteiger partial charge in [-0.2, -0.15) is 4.39 Å². The molecule has 0 aromatic heterocycles. The monoisotopic (exact) mass is 284 g/mol. The van der Waals surface area contributed by atoms with Crippen molar-refractivity contribution in [3.63, 3.8) is 0 Å². The van der Waals surface area contributed by atoms with Crippen molar-refractivity contribution in [1.29, 1.82) is 0 Å². The first-order valence-corrected chi connectivity index (χ1v) is 6.00. The molecule has 1 aromatic rings. The Kier molecular flexibility index (Phi) is 4.46. The van der Waals surface area contributed by atoms with E-state index in [1.807, 2.05) is 0 Å². The smallest absolute Gasteiger partial charge is 0.305 e. The number of carbonyl (C=O) groups excluding carboxylic acids is 1. The van der Waals surface area contributed by atoms with Crippen LogP contribution in [-0.2, 0) is 9.53 Å². The van der Waals surface area contributed by atoms with E-state index in [2.05, 4.69) is 0 Å². The number of ether oxygens (including phenoxy) is 2. The van der Waals surface area contributed by atoms with Gasteiger partial charge in [0.25, 0.3) is 5.91 Å². The van der Waals surface area contributed by atoms with Crippen molar-refractivity contribution in [1.82, 2.24) is 4.90 Å². The Morgan fingerprint density at radius 2 is 2.15 bits per heavy atom. The SMILES string of the molecule is O=C(COc1ccc([N+](=O)[O-])c(F)c1)N1CCOCC1. The Hall–Kier alpha value is -2.22. The zero-order chi connectivity index (χ0) is 14.5. The largest absolute Gasteiger partial charge is 0.484 e. The molecule has 1 aliphatic heterocycles. The summed E-state index contributed by atoms with van der Waals surface area (Å²) >= 11 is 0. The molecule has 1 saturated heterocycles. The Morgan fingerprint density at radius 3 is 2.75 bits per heavy atom. The molecule has 0 N–H and O–H groups in total. The number of hydrogen-bond donors (Lipinski definition) is 0. The van der Waals surface area contributed by atoms with Crippen molar-refractivity contribution in [2.24, 2.45) is 0 Å². The molecule has 8 heteroatoms. The normalized spacial score (nSPS) is 14.9. The Bertz CT molecular complexity index is 517. The van der Waals surface area contributed by atoms with Crippen LogP contribution in [0.25, 0.3) is 0 Å². The zero-order valence-corrected chi connectivity index (χ0v) is 10.6. The van der Waals surface area contributed by atoms with Gasteiger partial charge in [-0.05, 0) is 6.07 Å². The molecule has 1 fully saturated rings. The topological polar surface area (TPSA) is 81.9 Å². The van der Waals surface area contributed by atoms with Crippen LogP contribution in [-0.4, -0.2) is 48.6 Å². The highest BCUT2D eigenvalue weighted by atomic mass is 19.1. The lowest BCUT2D eigenvalue weighted by Gasteiger charge is -2.26. The maximum absolute atomic E-state index is 13.3. The van der Waals surface area contributed by atoms with Gasteiger partial charge in [-0.1, -0.05) is 0 Å². The fourth-order valence-corrected chi connectivity index (χ4v) is 1.77. The molecule has 0 atom stereocenters. The number of amides is 1. The predicted octanol–water partition coefficient (Wildman–Crippen LogP) is 0.971. The number of benzene rings is 1. The molecule has 20 heavy (non-hydrogen) atoms. The molecule has 0 bridgehead atoms. The summed E-state index contributed by atoms with van der Waals surface area (Å²) in [5.41, 5.74) is -0.628. The van der Waals surface area contributed by atoms with Crippen molar-refractivity contribution in [2.75, 3.05) is 32.9 Å². The summed E-state index contributed by atoms with van der Waals surface area (Å²) in [5.74, 6) is -1.15. The Labute approximate surface area is 114 Å². The van der Waals surface area contributed by atoms with E-state index in [0.29, 0.717) is 26.3 Å². The lowest BCUT2D eigenvalue weighted by molar-refractivity contribution is -0.387. The molecule has 0 aliphatic carbocycles. The average molecular weight is 284 g/mol. The van der Waals surface area contributed by atoms with Crippen LogP contribution >= 0.6 is 0 Å². The second-order valence-corrected chi connectivity index (χ2v) is 4.15. The maximum atomic E-state index is 13.3. The summed E-state index contributed by atoms with van der Waals surface area (Å²) in [5, 5.41) is 10.5. The van der Waals surface area contributed by atoms with Gasteiger partial charge in [0, 0.05) is 25.2 Å². The second kappa shape index (κ2) is 6.29. The highest BCUT2D eigenvalue weighted by Crippen LogP contribution is 2.22. The number of nitro groups is 1. The summed E-state index contributed by atoms with van der Waals surface area (Å²) in [6.07, 6.45) is 0. The molecule has 7 nitrogen and oxygen atoms in total. The van der Waals surface area contributed by atoms with Gasteiger partial charge in [0.05, 0.1) is 18.1 Å². The number of carbonyl (C=O) groups is 1. The molecule has 108 valence electrons. The number of morpholine rings is 1. The van der Waals surface area contributed by atoms with Gasteiger partial charge in [-0.15, -0.1) is 0 Å². The third kappa shape index (κ3) is 3.41. The van der Waals surface area contributed by atoms with E-state index < -0.39 is 16.4 Å². The van der Waals surface area contributed by atoms with Crippen LogP contribution < -0.4 is 4.74 Å². The molecule has 2 rings (SSSR count). The Morgan fingerprint density at radius 1 is 1.45 bits per heavy atom. The van der Waals surface area contributed by atoms with Crippen LogP contribution in [0.5, 0.6) is 5.75 Å². The molecule has 1 aromatic carbocycles. The fraction of sp³-hybridized carbons (Fsp3) is 0.417. The van der Waals surface area contributed by atoms with Gasteiger partial charge in [0.1, 0.15) is 5.75 Å². The van der Waals surface area contributed by atoms with Crippen molar-refractivity contribution in [3.8, 4) is 5.75 Å². The summed E-state index contributed by atoms with van der Waals surface area (Å²) in [6.45, 7) is 1.72. The fourth-order valence-electron chi connectivity index (χ4n) is 1.77. The lowest BCUT2D eigenvalue weighted by atomic mass is 10.3. The van der Waals surface area contributed by atoms with E-state index in [0.717, 1.165) is 12.1 Å². The minimum absolute atomic E-state index is 0.0784. The number of nitrogens with zero attached hydrogens (tertiary/aromatic N) is 2. The number of nitro benzene ring substituents is 1. The first kappa shape index (κ1) is 14.2. The highest BCUT2D eigenvalue weighted by Gasteiger charge is 2.18. The number of halogens is 1. The molecule has 0 radical (unpaired) electrons. The zero-order valence-electron chi connectivity index (χ0n) is 10.6. The minimum atomic E-state index is -0.994. The van der Waals surface area contributed by atoms with Gasteiger partial charge in [0.15, 0.2) is 6.61 Å². The molecular weight excluding hydrogens is 271 g/mol. The molecule has 1 heterocycles. The van der Waals surface area contributed by atoms with E-state index in [-0.39, 0.29) is 18.3 Å². The van der Waals surface area contributed by atoms with E-state index in [1.54, 1.807) is 4.90 Å². The molecule has 0 unspecified atom stereocenters. The van der Waals surface area contributed by atoms with E-state index in [4.69, 9.17) is 9.47 Å². The number of rotatable bonds is 4. The summed E-state index contributed by atoms with van der Waals surface area (Å²) in [6, 6.07) is 3.16. The van der Waals surface area contributed by atoms with Crippen LogP contribution in [0.2, 0.25) is 0 Å². The quantitative estimate of drug-likeness (QED) is 0.608. The van der Waals surface area contributed by atoms with Crippen LogP contribution in [0, 0.1) is 15.9 Å². The van der Waals surface area contributed by atoms with Crippen LogP contribution in [0.4, 0.5) is 10.1 Å². The highest BCUT2D eigenvalue weighted by molar-refractivity contribution is 5.77. The third-order valence-corrected chi connectivity index (χ3v) is 2.84. The summed E-state index contributed by atoms with van der Waals surface area (Å²) in [4.78, 5) is 23.0. The second-order valence-electron chi connectivity index (χ2n) is 4.15. The van der Waals surface area contributed by atoms with Gasteiger partial charge >= 0.3 is 5.69 Å². The van der Waals surface area contributed by atoms with E-state index in [9.17, 15) is 19.3 Å². The van der Waals surface area contributed by atoms with Gasteiger partial charge in [0.2, 0.25) is 5.82 Å². The standard InChI is InChI=1S/C12H13FN2O5/c13-10-7-9(1-2-11(10)15(17)18)20-8-12(16)14-3-5-19-6-4-14/h1-2,7H,3-6,8H2. The average Bonchev–Trinajstić information content (AvgIpc) is 2.45. The van der Waals surface area contributed by atoms with Crippen molar-refractivity contribution >= 4 is 11.6 Å². The van der Waals surface area contributed by atoms with Crippen LogP contribution in [0.15, 0.2) is 18.2 Å². The van der Waals surface area contributed by atoms with Crippen molar-refractivity contribution in [3.05, 3.63) is 34.1 Å². The summed E-state index contributed by atoms with van der Waals surface area (Å²) in [7, 11) is 0. The van der Waals surface area contributed by atoms with Crippen LogP contribution in [0.3, 0.4) is 0 Å². The third-order valence-electron chi connectivity index (χ3n) is 2.84. The van der Waals surface area contributed by atoms with E-state index in [1.165, 1.54) is 6.07 Å². The first-order valence-electron chi connectivity index (χ1n) is 6.00. The lowest BCUT2D eigenvalue weighted by Crippen LogP contribution is -2.42. The molecule has 0 spiro atoms. The molecular formula is C12H13FN2O5. The van der Waals surface area contributed by atoms with Gasteiger partial charge in [-0.25, -0.2) is 0 Å². The summed E-state index contributed by atoms with van der Waals surface area (Å²) < 4.78 is 23.6. The molecule has 1 amide bonds. The molecule has 1 aliphatic rings. The number of hydrogen-bond acceptors (Lipinski definition) is 5. The predicted molar refractivity (Wildman–Crippen MR) is 65.9 cm³/mol. The molecule has 0 saturated carbocycles.